The van der Waals surface area contributed by atoms with Crippen molar-refractivity contribution >= 4 is 27.5 Å². The minimum atomic E-state index is -3.81. The Balaban J connectivity index is 1.49. The molecule has 10 heteroatoms. The van der Waals surface area contributed by atoms with E-state index in [-0.39, 0.29) is 21.5 Å². The summed E-state index contributed by atoms with van der Waals surface area (Å²) in [4.78, 5) is 24.4. The Bertz CT molecular complexity index is 1150. The van der Waals surface area contributed by atoms with Crippen LogP contribution in [0.15, 0.2) is 63.1 Å². The number of aryl methyl sites for hydroxylation is 1. The van der Waals surface area contributed by atoms with Crippen LogP contribution in [-0.4, -0.2) is 55.4 Å². The Hall–Kier alpha value is -3.40. The van der Waals surface area contributed by atoms with E-state index in [4.69, 9.17) is 10.2 Å². The van der Waals surface area contributed by atoms with Gasteiger partial charge in [-0.25, -0.2) is 13.4 Å². The first-order chi connectivity index (χ1) is 14.4. The number of nitrogens with zero attached hydrogens (tertiary/aromatic N) is 4. The van der Waals surface area contributed by atoms with Crippen molar-refractivity contribution < 1.29 is 17.6 Å². The van der Waals surface area contributed by atoms with Gasteiger partial charge in [-0.2, -0.15) is 4.98 Å². The van der Waals surface area contributed by atoms with E-state index in [2.05, 4.69) is 9.97 Å². The summed E-state index contributed by atoms with van der Waals surface area (Å²) in [5.41, 5.74) is 6.94. The summed E-state index contributed by atoms with van der Waals surface area (Å²) in [5, 5.41) is 0. The summed E-state index contributed by atoms with van der Waals surface area (Å²) < 4.78 is 30.9. The van der Waals surface area contributed by atoms with E-state index in [1.54, 1.807) is 29.2 Å². The van der Waals surface area contributed by atoms with E-state index in [0.29, 0.717) is 37.9 Å². The molecular formula is C20H21N5O4S. The second-order valence-corrected chi connectivity index (χ2v) is 8.91. The maximum absolute atomic E-state index is 12.9. The molecule has 0 aliphatic carbocycles. The molecule has 1 aliphatic rings. The number of benzene rings is 1. The van der Waals surface area contributed by atoms with Crippen LogP contribution in [-0.2, 0) is 9.84 Å². The summed E-state index contributed by atoms with van der Waals surface area (Å²) in [6.07, 6.45) is 2.71. The van der Waals surface area contributed by atoms with Crippen LogP contribution >= 0.6 is 0 Å². The number of nitrogens with two attached hydrogens (primary N) is 1. The SMILES string of the molecule is Cc1ccc(S(=O)(=O)c2cnc(N3CCN(C(=O)c4ccco4)CC3)nc2N)cc1. The van der Waals surface area contributed by atoms with Gasteiger partial charge in [-0.3, -0.25) is 4.79 Å². The van der Waals surface area contributed by atoms with Crippen LogP contribution < -0.4 is 10.6 Å². The van der Waals surface area contributed by atoms with Crippen LogP contribution in [0.2, 0.25) is 0 Å². The third-order valence-corrected chi connectivity index (χ3v) is 6.76. The summed E-state index contributed by atoms with van der Waals surface area (Å²) in [7, 11) is -3.81. The molecule has 0 spiro atoms. The minimum Gasteiger partial charge on any atom is -0.459 e. The van der Waals surface area contributed by atoms with Crippen molar-refractivity contribution in [1.82, 2.24) is 14.9 Å². The number of piperazine rings is 1. The molecule has 1 amide bonds. The molecule has 0 radical (unpaired) electrons. The normalized spacial score (nSPS) is 14.7. The zero-order chi connectivity index (χ0) is 21.3. The molecule has 30 heavy (non-hydrogen) atoms. The van der Waals surface area contributed by atoms with Crippen molar-refractivity contribution in [2.75, 3.05) is 36.8 Å². The molecule has 0 unspecified atom stereocenters. The molecule has 2 N–H and O–H groups in total. The van der Waals surface area contributed by atoms with Crippen molar-refractivity contribution in [3.8, 4) is 0 Å². The highest BCUT2D eigenvalue weighted by Crippen LogP contribution is 2.26. The minimum absolute atomic E-state index is 0.102. The molecule has 9 nitrogen and oxygen atoms in total. The molecule has 2 aromatic heterocycles. The molecule has 1 saturated heterocycles. The monoisotopic (exact) mass is 427 g/mol. The van der Waals surface area contributed by atoms with Gasteiger partial charge in [0.25, 0.3) is 5.91 Å². The summed E-state index contributed by atoms with van der Waals surface area (Å²) in [5.74, 6) is 0.365. The van der Waals surface area contributed by atoms with Gasteiger partial charge in [0.15, 0.2) is 5.76 Å². The second kappa shape index (κ2) is 7.79. The number of hydrogen-bond donors (Lipinski definition) is 1. The Labute approximate surface area is 174 Å². The molecular weight excluding hydrogens is 406 g/mol. The standard InChI is InChI=1S/C20H21N5O4S/c1-14-4-6-15(7-5-14)30(27,28)17-13-22-20(23-18(17)21)25-10-8-24(9-11-25)19(26)16-3-2-12-29-16/h2-7,12-13H,8-11H2,1H3,(H2,21,22,23). The fourth-order valence-electron chi connectivity index (χ4n) is 3.24. The number of rotatable bonds is 4. The van der Waals surface area contributed by atoms with Crippen molar-refractivity contribution in [3.05, 3.63) is 60.2 Å². The zero-order valence-corrected chi connectivity index (χ0v) is 17.2. The number of amides is 1. The molecule has 3 heterocycles. The average molecular weight is 427 g/mol. The topological polar surface area (TPSA) is 123 Å². The van der Waals surface area contributed by atoms with E-state index in [1.807, 2.05) is 11.8 Å². The van der Waals surface area contributed by atoms with Gasteiger partial charge in [-0.1, -0.05) is 17.7 Å². The highest BCUT2D eigenvalue weighted by atomic mass is 32.2. The lowest BCUT2D eigenvalue weighted by molar-refractivity contribution is 0.0714. The van der Waals surface area contributed by atoms with Gasteiger partial charge in [-0.05, 0) is 31.2 Å². The number of sulfone groups is 1. The number of aromatic nitrogens is 2. The molecule has 4 rings (SSSR count). The van der Waals surface area contributed by atoms with Crippen molar-refractivity contribution in [3.63, 3.8) is 0 Å². The third kappa shape index (κ3) is 3.73. The maximum Gasteiger partial charge on any atom is 0.289 e. The first-order valence-electron chi connectivity index (χ1n) is 9.38. The Morgan fingerprint density at radius 1 is 1.10 bits per heavy atom. The fourth-order valence-corrected chi connectivity index (χ4v) is 4.50. The second-order valence-electron chi connectivity index (χ2n) is 6.99. The molecule has 0 atom stereocenters. The summed E-state index contributed by atoms with van der Waals surface area (Å²) >= 11 is 0. The van der Waals surface area contributed by atoms with Gasteiger partial charge in [-0.15, -0.1) is 0 Å². The smallest absolute Gasteiger partial charge is 0.289 e. The number of anilines is 2. The molecule has 0 saturated carbocycles. The molecule has 1 fully saturated rings. The largest absolute Gasteiger partial charge is 0.459 e. The first-order valence-corrected chi connectivity index (χ1v) is 10.9. The van der Waals surface area contributed by atoms with Crippen LogP contribution in [0.25, 0.3) is 0 Å². The number of nitrogen functional groups attached to an aromatic ring is 1. The van der Waals surface area contributed by atoms with Crippen LogP contribution in [0.4, 0.5) is 11.8 Å². The highest BCUT2D eigenvalue weighted by molar-refractivity contribution is 7.91. The van der Waals surface area contributed by atoms with E-state index in [0.717, 1.165) is 5.56 Å². The molecule has 1 aromatic carbocycles. The molecule has 1 aliphatic heterocycles. The van der Waals surface area contributed by atoms with Crippen LogP contribution in [0, 0.1) is 6.92 Å². The first kappa shape index (κ1) is 19.9. The van der Waals surface area contributed by atoms with E-state index < -0.39 is 9.84 Å². The Morgan fingerprint density at radius 3 is 2.40 bits per heavy atom. The lowest BCUT2D eigenvalue weighted by Crippen LogP contribution is -2.49. The zero-order valence-electron chi connectivity index (χ0n) is 16.4. The fraction of sp³-hybridized carbons (Fsp3) is 0.250. The Kier molecular flexibility index (Phi) is 5.17. The molecule has 156 valence electrons. The van der Waals surface area contributed by atoms with Crippen LogP contribution in [0.1, 0.15) is 16.1 Å². The van der Waals surface area contributed by atoms with Gasteiger partial charge < -0.3 is 20.0 Å². The van der Waals surface area contributed by atoms with Gasteiger partial charge in [0.2, 0.25) is 15.8 Å². The number of carbonyl (C=O) groups excluding carboxylic acids is 1. The summed E-state index contributed by atoms with van der Waals surface area (Å²) in [6.45, 7) is 3.80. The molecule has 3 aromatic rings. The Morgan fingerprint density at radius 2 is 1.80 bits per heavy atom. The van der Waals surface area contributed by atoms with E-state index in [9.17, 15) is 13.2 Å². The van der Waals surface area contributed by atoms with E-state index in [1.165, 1.54) is 24.6 Å². The van der Waals surface area contributed by atoms with Crippen molar-refractivity contribution in [2.45, 2.75) is 16.7 Å². The number of hydrogen-bond acceptors (Lipinski definition) is 8. The predicted octanol–water partition coefficient (Wildman–Crippen LogP) is 1.76. The summed E-state index contributed by atoms with van der Waals surface area (Å²) in [6, 6.07) is 9.82. The van der Waals surface area contributed by atoms with Gasteiger partial charge in [0, 0.05) is 26.2 Å². The van der Waals surface area contributed by atoms with Crippen LogP contribution in [0.5, 0.6) is 0 Å². The molecule has 0 bridgehead atoms. The third-order valence-electron chi connectivity index (χ3n) is 4.97. The lowest BCUT2D eigenvalue weighted by Gasteiger charge is -2.34. The van der Waals surface area contributed by atoms with Crippen molar-refractivity contribution in [2.24, 2.45) is 0 Å². The van der Waals surface area contributed by atoms with E-state index >= 15 is 0 Å². The van der Waals surface area contributed by atoms with Crippen LogP contribution in [0.3, 0.4) is 0 Å². The van der Waals surface area contributed by atoms with Gasteiger partial charge >= 0.3 is 0 Å². The van der Waals surface area contributed by atoms with Crippen molar-refractivity contribution in [1.29, 1.82) is 0 Å². The number of carbonyl (C=O) groups is 1. The van der Waals surface area contributed by atoms with Gasteiger partial charge in [0.1, 0.15) is 10.7 Å². The number of furan rings is 1. The maximum atomic E-state index is 12.9. The lowest BCUT2D eigenvalue weighted by atomic mass is 10.2. The van der Waals surface area contributed by atoms with Gasteiger partial charge in [0.05, 0.1) is 17.4 Å². The quantitative estimate of drug-likeness (QED) is 0.668. The average Bonchev–Trinajstić information content (AvgIpc) is 3.28. The highest BCUT2D eigenvalue weighted by Gasteiger charge is 2.27. The predicted molar refractivity (Wildman–Crippen MR) is 110 cm³/mol.